The molecule has 2 rings (SSSR count). The molecule has 2 N–H and O–H groups in total. The summed E-state index contributed by atoms with van der Waals surface area (Å²) in [5, 5.41) is 17.1. The van der Waals surface area contributed by atoms with Crippen LogP contribution in [0.25, 0.3) is 0 Å². The molecular weight excluding hydrogens is 258 g/mol. The Kier molecular flexibility index (Phi) is 5.09. The maximum atomic E-state index is 10.2. The van der Waals surface area contributed by atoms with Gasteiger partial charge in [-0.05, 0) is 19.1 Å². The van der Waals surface area contributed by atoms with Crippen LogP contribution in [-0.2, 0) is 6.42 Å². The molecule has 0 aliphatic heterocycles. The lowest BCUT2D eigenvalue weighted by molar-refractivity contribution is 0.170. The maximum Gasteiger partial charge on any atom is 0.213 e. The first-order valence-electron chi connectivity index (χ1n) is 6.49. The molecule has 0 radical (unpaired) electrons. The number of aliphatic hydroxyl groups excluding tert-OH is 1. The fraction of sp³-hybridized carbons (Fsp3) is 0.429. The third-order valence-electron chi connectivity index (χ3n) is 3.01. The van der Waals surface area contributed by atoms with Crippen molar-refractivity contribution in [2.45, 2.75) is 19.4 Å². The Bertz CT molecular complexity index is 528. The molecule has 6 heteroatoms. The molecule has 0 fully saturated rings. The number of benzene rings is 1. The molecule has 2 aromatic rings. The van der Waals surface area contributed by atoms with E-state index in [0.29, 0.717) is 31.1 Å². The summed E-state index contributed by atoms with van der Waals surface area (Å²) in [4.78, 5) is 3.93. The molecule has 0 amide bonds. The van der Waals surface area contributed by atoms with E-state index in [2.05, 4.69) is 20.0 Å². The zero-order valence-electron chi connectivity index (χ0n) is 11.7. The fourth-order valence-corrected chi connectivity index (χ4v) is 1.97. The van der Waals surface area contributed by atoms with Crippen molar-refractivity contribution >= 4 is 0 Å². The van der Waals surface area contributed by atoms with Crippen LogP contribution >= 0.6 is 0 Å². The van der Waals surface area contributed by atoms with Crippen molar-refractivity contribution in [2.24, 2.45) is 0 Å². The average Bonchev–Trinajstić information content (AvgIpc) is 2.96. The van der Waals surface area contributed by atoms with Gasteiger partial charge in [0, 0.05) is 25.1 Å². The van der Waals surface area contributed by atoms with E-state index in [1.54, 1.807) is 7.11 Å². The standard InChI is InChI=1S/C14H19N3O3/c1-10-3-4-13(19-2)11(7-10)12(18)8-15-6-5-14-16-9-20-17-14/h3-4,7,9,12,15,18H,5-6,8H2,1-2H3. The van der Waals surface area contributed by atoms with Crippen molar-refractivity contribution in [1.82, 2.24) is 15.5 Å². The van der Waals surface area contributed by atoms with E-state index < -0.39 is 6.10 Å². The second kappa shape index (κ2) is 7.02. The van der Waals surface area contributed by atoms with E-state index in [1.165, 1.54) is 6.39 Å². The SMILES string of the molecule is COc1ccc(C)cc1C(O)CNCCc1ncon1. The van der Waals surface area contributed by atoms with Crippen LogP contribution in [0.15, 0.2) is 29.1 Å². The summed E-state index contributed by atoms with van der Waals surface area (Å²) in [6, 6.07) is 5.76. The number of aromatic nitrogens is 2. The van der Waals surface area contributed by atoms with Gasteiger partial charge in [-0.1, -0.05) is 16.8 Å². The summed E-state index contributed by atoms with van der Waals surface area (Å²) in [6.45, 7) is 3.10. The minimum atomic E-state index is -0.616. The van der Waals surface area contributed by atoms with Crippen LogP contribution in [0.4, 0.5) is 0 Å². The Balaban J connectivity index is 1.85. The lowest BCUT2D eigenvalue weighted by Gasteiger charge is -2.16. The van der Waals surface area contributed by atoms with Crippen molar-refractivity contribution in [3.05, 3.63) is 41.5 Å². The first kappa shape index (κ1) is 14.5. The summed E-state index contributed by atoms with van der Waals surface area (Å²) in [6.07, 6.45) is 1.35. The van der Waals surface area contributed by atoms with Gasteiger partial charge in [0.05, 0.1) is 13.2 Å². The van der Waals surface area contributed by atoms with Crippen LogP contribution in [0.1, 0.15) is 23.1 Å². The first-order chi connectivity index (χ1) is 9.70. The highest BCUT2D eigenvalue weighted by Crippen LogP contribution is 2.25. The highest BCUT2D eigenvalue weighted by atomic mass is 16.5. The van der Waals surface area contributed by atoms with Crippen molar-refractivity contribution in [3.8, 4) is 5.75 Å². The third kappa shape index (κ3) is 3.79. The summed E-state index contributed by atoms with van der Waals surface area (Å²) in [7, 11) is 1.60. The van der Waals surface area contributed by atoms with Crippen molar-refractivity contribution in [3.63, 3.8) is 0 Å². The summed E-state index contributed by atoms with van der Waals surface area (Å²) in [5.41, 5.74) is 1.88. The zero-order chi connectivity index (χ0) is 14.4. The molecule has 1 heterocycles. The van der Waals surface area contributed by atoms with Gasteiger partial charge >= 0.3 is 0 Å². The molecule has 20 heavy (non-hydrogen) atoms. The molecule has 0 aliphatic carbocycles. The lowest BCUT2D eigenvalue weighted by Crippen LogP contribution is -2.24. The quantitative estimate of drug-likeness (QED) is 0.741. The number of ether oxygens (including phenoxy) is 1. The fourth-order valence-electron chi connectivity index (χ4n) is 1.97. The molecule has 108 valence electrons. The van der Waals surface area contributed by atoms with Gasteiger partial charge in [0.15, 0.2) is 5.82 Å². The minimum Gasteiger partial charge on any atom is -0.496 e. The van der Waals surface area contributed by atoms with E-state index in [0.717, 1.165) is 11.1 Å². The van der Waals surface area contributed by atoms with Crippen LogP contribution in [-0.4, -0.2) is 35.4 Å². The molecule has 1 unspecified atom stereocenters. The van der Waals surface area contributed by atoms with Crippen LogP contribution in [0.2, 0.25) is 0 Å². The van der Waals surface area contributed by atoms with E-state index in [4.69, 9.17) is 4.74 Å². The van der Waals surface area contributed by atoms with Crippen molar-refractivity contribution < 1.29 is 14.4 Å². The molecule has 6 nitrogen and oxygen atoms in total. The van der Waals surface area contributed by atoms with Gasteiger partial charge in [-0.25, -0.2) is 0 Å². The number of aliphatic hydroxyl groups is 1. The monoisotopic (exact) mass is 277 g/mol. The number of nitrogens with zero attached hydrogens (tertiary/aromatic N) is 2. The Morgan fingerprint density at radius 2 is 2.30 bits per heavy atom. The van der Waals surface area contributed by atoms with E-state index in [1.807, 2.05) is 25.1 Å². The van der Waals surface area contributed by atoms with Gasteiger partial charge in [0.2, 0.25) is 6.39 Å². The Morgan fingerprint density at radius 3 is 3.00 bits per heavy atom. The summed E-state index contributed by atoms with van der Waals surface area (Å²) in [5.74, 6) is 1.35. The highest BCUT2D eigenvalue weighted by Gasteiger charge is 2.13. The largest absolute Gasteiger partial charge is 0.496 e. The minimum absolute atomic E-state index is 0.442. The van der Waals surface area contributed by atoms with Gasteiger partial charge in [0.25, 0.3) is 0 Å². The third-order valence-corrected chi connectivity index (χ3v) is 3.01. The van der Waals surface area contributed by atoms with Crippen LogP contribution in [0, 0.1) is 6.92 Å². The Morgan fingerprint density at radius 1 is 1.45 bits per heavy atom. The first-order valence-corrected chi connectivity index (χ1v) is 6.49. The van der Waals surface area contributed by atoms with Gasteiger partial charge in [-0.3, -0.25) is 0 Å². The Hall–Kier alpha value is -1.92. The molecule has 1 aromatic heterocycles. The molecule has 1 atom stereocenters. The van der Waals surface area contributed by atoms with Crippen LogP contribution in [0.5, 0.6) is 5.75 Å². The number of hydrogen-bond acceptors (Lipinski definition) is 6. The van der Waals surface area contributed by atoms with Gasteiger partial charge in [-0.2, -0.15) is 4.98 Å². The smallest absolute Gasteiger partial charge is 0.213 e. The van der Waals surface area contributed by atoms with E-state index in [-0.39, 0.29) is 0 Å². The molecular formula is C14H19N3O3. The van der Waals surface area contributed by atoms with Gasteiger partial charge in [-0.15, -0.1) is 0 Å². The molecule has 0 saturated carbocycles. The van der Waals surface area contributed by atoms with E-state index >= 15 is 0 Å². The summed E-state index contributed by atoms with van der Waals surface area (Å²) < 4.78 is 9.92. The van der Waals surface area contributed by atoms with Gasteiger partial charge in [0.1, 0.15) is 5.75 Å². The molecule has 0 aliphatic rings. The molecule has 1 aromatic carbocycles. The number of aryl methyl sites for hydroxylation is 1. The Labute approximate surface area is 117 Å². The van der Waals surface area contributed by atoms with E-state index in [9.17, 15) is 5.11 Å². The summed E-state index contributed by atoms with van der Waals surface area (Å²) >= 11 is 0. The predicted octanol–water partition coefficient (Wildman–Crippen LogP) is 1.25. The number of hydrogen-bond donors (Lipinski definition) is 2. The molecule has 0 spiro atoms. The van der Waals surface area contributed by atoms with Crippen molar-refractivity contribution in [1.29, 1.82) is 0 Å². The second-order valence-corrected chi connectivity index (χ2v) is 4.56. The molecule has 0 bridgehead atoms. The maximum absolute atomic E-state index is 10.2. The molecule has 0 saturated heterocycles. The van der Waals surface area contributed by atoms with Crippen molar-refractivity contribution in [2.75, 3.05) is 20.2 Å². The number of rotatable bonds is 7. The highest BCUT2D eigenvalue weighted by molar-refractivity contribution is 5.38. The number of nitrogens with one attached hydrogen (secondary N) is 1. The van der Waals surface area contributed by atoms with Gasteiger partial charge < -0.3 is 19.7 Å². The second-order valence-electron chi connectivity index (χ2n) is 4.56. The zero-order valence-corrected chi connectivity index (χ0v) is 11.7. The normalized spacial score (nSPS) is 12.3. The van der Waals surface area contributed by atoms with Crippen LogP contribution < -0.4 is 10.1 Å². The average molecular weight is 277 g/mol. The predicted molar refractivity (Wildman–Crippen MR) is 73.6 cm³/mol. The topological polar surface area (TPSA) is 80.4 Å². The lowest BCUT2D eigenvalue weighted by atomic mass is 10.1. The van der Waals surface area contributed by atoms with Crippen LogP contribution in [0.3, 0.4) is 0 Å². The number of methoxy groups -OCH3 is 1.